The van der Waals surface area contributed by atoms with Crippen LogP contribution in [0.15, 0.2) is 48.5 Å². The normalized spacial score (nSPS) is 20.3. The first-order valence-electron chi connectivity index (χ1n) is 11.4. The van der Waals surface area contributed by atoms with Gasteiger partial charge in [0.05, 0.1) is 17.3 Å². The smallest absolute Gasteiger partial charge is 0.290 e. The number of carboxylic acid groups (broad SMARTS) is 1. The first-order chi connectivity index (χ1) is 16.8. The molecule has 1 spiro atoms. The summed E-state index contributed by atoms with van der Waals surface area (Å²) in [7, 11) is 0. The van der Waals surface area contributed by atoms with Gasteiger partial charge in [0.2, 0.25) is 5.91 Å². The molecule has 3 aromatic rings. The highest BCUT2D eigenvalue weighted by Crippen LogP contribution is 2.55. The number of benzene rings is 2. The van der Waals surface area contributed by atoms with Crippen LogP contribution in [0.3, 0.4) is 0 Å². The van der Waals surface area contributed by atoms with Gasteiger partial charge in [0.25, 0.3) is 12.4 Å². The van der Waals surface area contributed by atoms with E-state index in [9.17, 15) is 14.0 Å². The van der Waals surface area contributed by atoms with E-state index in [1.54, 1.807) is 17.0 Å². The first-order valence-corrected chi connectivity index (χ1v) is 11.4. The molecule has 9 heteroatoms. The van der Waals surface area contributed by atoms with E-state index >= 15 is 0 Å². The number of rotatable bonds is 3. The van der Waals surface area contributed by atoms with Crippen LogP contribution >= 0.6 is 0 Å². The summed E-state index contributed by atoms with van der Waals surface area (Å²) in [5.74, 6) is -0.630. The van der Waals surface area contributed by atoms with Crippen molar-refractivity contribution < 1.29 is 23.9 Å². The summed E-state index contributed by atoms with van der Waals surface area (Å²) in [6, 6.07) is 13.2. The maximum atomic E-state index is 13.9. The fraction of sp³-hybridized carbons (Fsp3) is 0.308. The Morgan fingerprint density at radius 1 is 1.23 bits per heavy atom. The minimum Gasteiger partial charge on any atom is -0.483 e. The molecule has 35 heavy (non-hydrogen) atoms. The van der Waals surface area contributed by atoms with Crippen molar-refractivity contribution in [3.05, 3.63) is 82.4 Å². The Kier molecular flexibility index (Phi) is 6.43. The molecule has 1 saturated heterocycles. The summed E-state index contributed by atoms with van der Waals surface area (Å²) in [6.45, 7) is 6.55. The SMILES string of the molecule is CCn1nc(C)c(C(=O)N2CC[C@]3(C(=O)Nc4ccccc43)[C@@H]2c2ccc(F)cc2)c1C.O=CO. The van der Waals surface area contributed by atoms with Crippen LogP contribution in [0.4, 0.5) is 10.1 Å². The minimum absolute atomic E-state index is 0.124. The molecule has 2 N–H and O–H groups in total. The van der Waals surface area contributed by atoms with Gasteiger partial charge in [0, 0.05) is 24.5 Å². The van der Waals surface area contributed by atoms with E-state index in [-0.39, 0.29) is 24.1 Å². The van der Waals surface area contributed by atoms with Crippen molar-refractivity contribution in [3.63, 3.8) is 0 Å². The molecule has 8 nitrogen and oxygen atoms in total. The largest absolute Gasteiger partial charge is 0.483 e. The van der Waals surface area contributed by atoms with Crippen LogP contribution in [-0.4, -0.2) is 44.6 Å². The van der Waals surface area contributed by atoms with Gasteiger partial charge in [0.1, 0.15) is 11.2 Å². The molecule has 0 radical (unpaired) electrons. The van der Waals surface area contributed by atoms with E-state index in [2.05, 4.69) is 10.4 Å². The number of hydrogen-bond donors (Lipinski definition) is 2. The number of nitrogens with zero attached hydrogens (tertiary/aromatic N) is 3. The van der Waals surface area contributed by atoms with Crippen LogP contribution in [0.25, 0.3) is 0 Å². The molecule has 0 aliphatic carbocycles. The number of amides is 2. The lowest BCUT2D eigenvalue weighted by molar-refractivity contribution is -0.123. The molecule has 2 aliphatic heterocycles. The Morgan fingerprint density at radius 2 is 1.89 bits per heavy atom. The van der Waals surface area contributed by atoms with Crippen molar-refractivity contribution in [2.24, 2.45) is 0 Å². The Morgan fingerprint density at radius 3 is 2.51 bits per heavy atom. The Balaban J connectivity index is 0.000000917. The third-order valence-electron chi connectivity index (χ3n) is 6.93. The topological polar surface area (TPSA) is 105 Å². The van der Waals surface area contributed by atoms with Crippen molar-refractivity contribution in [1.82, 2.24) is 14.7 Å². The Bertz CT molecular complexity index is 1290. The molecule has 1 fully saturated rings. The molecular weight excluding hydrogens is 451 g/mol. The molecule has 0 saturated carbocycles. The Labute approximate surface area is 202 Å². The lowest BCUT2D eigenvalue weighted by atomic mass is 9.72. The van der Waals surface area contributed by atoms with E-state index in [1.807, 2.05) is 49.7 Å². The number of anilines is 1. The van der Waals surface area contributed by atoms with Gasteiger partial charge in [0.15, 0.2) is 0 Å². The number of fused-ring (bicyclic) bond motifs is 2. The van der Waals surface area contributed by atoms with Crippen LogP contribution in [0, 0.1) is 19.7 Å². The molecular formula is C26H27FN4O4. The highest BCUT2D eigenvalue weighted by atomic mass is 19.1. The fourth-order valence-electron chi connectivity index (χ4n) is 5.47. The average molecular weight is 479 g/mol. The standard InChI is InChI=1S/C25H25FN4O2.CH2O2/c1-4-30-16(3)21(15(2)28-30)23(31)29-14-13-25(22(29)17-9-11-18(26)12-10-17)19-7-5-6-8-20(19)27-24(25)32;2-1-3/h5-12,22H,4,13-14H2,1-3H3,(H,27,32);1H,(H,2,3)/t22-,25+;/m0./s1. The molecule has 182 valence electrons. The maximum absolute atomic E-state index is 13.9. The highest BCUT2D eigenvalue weighted by Gasteiger charge is 2.59. The van der Waals surface area contributed by atoms with E-state index in [0.29, 0.717) is 30.8 Å². The first kappa shape index (κ1) is 24.1. The van der Waals surface area contributed by atoms with Crippen molar-refractivity contribution in [1.29, 1.82) is 0 Å². The van der Waals surface area contributed by atoms with Crippen molar-refractivity contribution in [2.75, 3.05) is 11.9 Å². The summed E-state index contributed by atoms with van der Waals surface area (Å²) in [6.07, 6.45) is 0.490. The molecule has 2 aromatic carbocycles. The number of carbonyl (C=O) groups excluding carboxylic acids is 2. The van der Waals surface area contributed by atoms with Gasteiger partial charge in [-0.05, 0) is 56.5 Å². The summed E-state index contributed by atoms with van der Waals surface area (Å²) >= 11 is 0. The summed E-state index contributed by atoms with van der Waals surface area (Å²) < 4.78 is 15.6. The predicted molar refractivity (Wildman–Crippen MR) is 128 cm³/mol. The summed E-state index contributed by atoms with van der Waals surface area (Å²) in [5, 5.41) is 14.4. The fourth-order valence-corrected chi connectivity index (χ4v) is 5.47. The number of carbonyl (C=O) groups is 3. The number of para-hydroxylation sites is 1. The van der Waals surface area contributed by atoms with Gasteiger partial charge < -0.3 is 15.3 Å². The van der Waals surface area contributed by atoms with E-state index in [0.717, 1.165) is 22.5 Å². The third kappa shape index (κ3) is 3.77. The number of likely N-dealkylation sites (tertiary alicyclic amines) is 1. The van der Waals surface area contributed by atoms with Crippen LogP contribution in [0.1, 0.15) is 52.3 Å². The number of hydrogen-bond acceptors (Lipinski definition) is 4. The lowest BCUT2D eigenvalue weighted by Crippen LogP contribution is -2.42. The minimum atomic E-state index is -0.924. The van der Waals surface area contributed by atoms with Crippen LogP contribution in [0.5, 0.6) is 0 Å². The molecule has 2 amide bonds. The van der Waals surface area contributed by atoms with Crippen LogP contribution < -0.4 is 5.32 Å². The zero-order valence-electron chi connectivity index (χ0n) is 19.8. The van der Waals surface area contributed by atoms with E-state index in [1.165, 1.54) is 12.1 Å². The van der Waals surface area contributed by atoms with Crippen molar-refractivity contribution >= 4 is 24.0 Å². The monoisotopic (exact) mass is 478 g/mol. The van der Waals surface area contributed by atoms with Crippen LogP contribution in [0.2, 0.25) is 0 Å². The van der Waals surface area contributed by atoms with Gasteiger partial charge in [-0.3, -0.25) is 19.1 Å². The van der Waals surface area contributed by atoms with Crippen LogP contribution in [-0.2, 0) is 21.5 Å². The molecule has 0 bridgehead atoms. The third-order valence-corrected chi connectivity index (χ3v) is 6.93. The van der Waals surface area contributed by atoms with Gasteiger partial charge >= 0.3 is 0 Å². The molecule has 3 heterocycles. The second-order valence-electron chi connectivity index (χ2n) is 8.64. The van der Waals surface area contributed by atoms with E-state index in [4.69, 9.17) is 9.90 Å². The molecule has 1 aromatic heterocycles. The zero-order chi connectivity index (χ0) is 25.3. The number of aryl methyl sites for hydroxylation is 2. The maximum Gasteiger partial charge on any atom is 0.290 e. The second kappa shape index (κ2) is 9.32. The molecule has 2 atom stereocenters. The number of halogens is 1. The number of nitrogens with one attached hydrogen (secondary N) is 1. The van der Waals surface area contributed by atoms with Crippen molar-refractivity contribution in [3.8, 4) is 0 Å². The second-order valence-corrected chi connectivity index (χ2v) is 8.64. The lowest BCUT2D eigenvalue weighted by Gasteiger charge is -2.34. The summed E-state index contributed by atoms with van der Waals surface area (Å²) in [5.41, 5.74) is 3.52. The molecule has 2 aliphatic rings. The number of aromatic nitrogens is 2. The van der Waals surface area contributed by atoms with Gasteiger partial charge in [-0.2, -0.15) is 5.10 Å². The van der Waals surface area contributed by atoms with Crippen molar-refractivity contribution in [2.45, 2.75) is 45.2 Å². The molecule has 5 rings (SSSR count). The summed E-state index contributed by atoms with van der Waals surface area (Å²) in [4.78, 5) is 37.5. The quantitative estimate of drug-likeness (QED) is 0.557. The predicted octanol–water partition coefficient (Wildman–Crippen LogP) is 3.84. The highest BCUT2D eigenvalue weighted by molar-refractivity contribution is 6.08. The Hall–Kier alpha value is -4.01. The van der Waals surface area contributed by atoms with Gasteiger partial charge in [-0.1, -0.05) is 30.3 Å². The van der Waals surface area contributed by atoms with Gasteiger partial charge in [-0.25, -0.2) is 4.39 Å². The average Bonchev–Trinajstić information content (AvgIpc) is 3.47. The van der Waals surface area contributed by atoms with Gasteiger partial charge in [-0.15, -0.1) is 0 Å². The zero-order valence-corrected chi connectivity index (χ0v) is 19.8. The van der Waals surface area contributed by atoms with E-state index < -0.39 is 11.5 Å². The molecule has 0 unspecified atom stereocenters.